The van der Waals surface area contributed by atoms with E-state index in [-0.39, 0.29) is 30.2 Å². The van der Waals surface area contributed by atoms with E-state index < -0.39 is 39.7 Å². The molecule has 0 saturated carbocycles. The molecule has 0 spiro atoms. The van der Waals surface area contributed by atoms with Crippen LogP contribution in [0.4, 0.5) is 0 Å². The number of benzene rings is 2. The Hall–Kier alpha value is -3.24. The van der Waals surface area contributed by atoms with Crippen molar-refractivity contribution in [1.29, 1.82) is 0 Å². The van der Waals surface area contributed by atoms with Crippen LogP contribution in [0.15, 0.2) is 70.7 Å². The fourth-order valence-corrected chi connectivity index (χ4v) is 3.78. The predicted octanol–water partition coefficient (Wildman–Crippen LogP) is 3.24. The number of carbonyl (C=O) groups is 2. The minimum Gasteiger partial charge on any atom is -0.461 e. The van der Waals surface area contributed by atoms with Crippen molar-refractivity contribution in [2.24, 2.45) is 10.6 Å². The molecule has 0 radical (unpaired) electrons. The summed E-state index contributed by atoms with van der Waals surface area (Å²) < 4.78 is 46.5. The monoisotopic (exact) mass is 489 g/mol. The first-order valence-corrected chi connectivity index (χ1v) is 12.0. The summed E-state index contributed by atoms with van der Waals surface area (Å²) in [6.45, 7) is 4.92. The van der Waals surface area contributed by atoms with Crippen molar-refractivity contribution in [1.82, 2.24) is 0 Å². The third kappa shape index (κ3) is 6.88. The van der Waals surface area contributed by atoms with Crippen LogP contribution in [0.3, 0.4) is 0 Å². The highest BCUT2D eigenvalue weighted by molar-refractivity contribution is 7.86. The molecular formula is C24H27NO8S. The van der Waals surface area contributed by atoms with E-state index in [1.54, 1.807) is 39.0 Å². The molecule has 1 aliphatic heterocycles. The van der Waals surface area contributed by atoms with Crippen LogP contribution in [0.1, 0.15) is 32.8 Å². The van der Waals surface area contributed by atoms with Crippen LogP contribution in [0.25, 0.3) is 0 Å². The fraction of sp³-hybridized carbons (Fsp3) is 0.375. The van der Waals surface area contributed by atoms with Gasteiger partial charge in [-0.25, -0.2) is 0 Å². The Kier molecular flexibility index (Phi) is 8.06. The molecule has 0 aliphatic carbocycles. The molecule has 3 rings (SSSR count). The molecule has 0 amide bonds. The molecule has 0 N–H and O–H groups in total. The SMILES string of the molecule is CC(C)(C)C(=O)OC[C@H]1OC(=O)C/C(=N\OS(=O)(=O)c2ccccc2)[C@H]1OCc1ccccc1. The van der Waals surface area contributed by atoms with Crippen LogP contribution < -0.4 is 0 Å². The smallest absolute Gasteiger partial charge is 0.358 e. The highest BCUT2D eigenvalue weighted by Gasteiger charge is 2.39. The number of cyclic esters (lactones) is 1. The lowest BCUT2D eigenvalue weighted by atomic mass is 9.97. The molecule has 1 saturated heterocycles. The normalized spacial score (nSPS) is 20.0. The van der Waals surface area contributed by atoms with Crippen LogP contribution in [0.2, 0.25) is 0 Å². The average Bonchev–Trinajstić information content (AvgIpc) is 2.81. The van der Waals surface area contributed by atoms with Crippen molar-refractivity contribution in [3.8, 4) is 0 Å². The quantitative estimate of drug-likeness (QED) is 0.410. The molecule has 10 heteroatoms. The van der Waals surface area contributed by atoms with Gasteiger partial charge in [-0.1, -0.05) is 53.7 Å². The van der Waals surface area contributed by atoms with E-state index in [1.165, 1.54) is 12.1 Å². The Labute approximate surface area is 198 Å². The lowest BCUT2D eigenvalue weighted by Crippen LogP contribution is -2.48. The molecule has 2 aromatic rings. The van der Waals surface area contributed by atoms with Crippen LogP contribution in [0, 0.1) is 5.41 Å². The van der Waals surface area contributed by atoms with Crippen LogP contribution in [-0.2, 0) is 44.8 Å². The van der Waals surface area contributed by atoms with E-state index in [0.29, 0.717) is 0 Å². The second-order valence-corrected chi connectivity index (χ2v) is 10.2. The molecule has 0 bridgehead atoms. The summed E-state index contributed by atoms with van der Waals surface area (Å²) in [6, 6.07) is 16.7. The number of nitrogens with zero attached hydrogens (tertiary/aromatic N) is 1. The summed E-state index contributed by atoms with van der Waals surface area (Å²) in [5.74, 6) is -1.16. The number of esters is 2. The average molecular weight is 490 g/mol. The van der Waals surface area contributed by atoms with Crippen LogP contribution >= 0.6 is 0 Å². The summed E-state index contributed by atoms with van der Waals surface area (Å²) in [5.41, 5.74) is 0.0913. The summed E-state index contributed by atoms with van der Waals surface area (Å²) in [4.78, 5) is 24.4. The van der Waals surface area contributed by atoms with Gasteiger partial charge in [-0.2, -0.15) is 8.42 Å². The van der Waals surface area contributed by atoms with E-state index in [4.69, 9.17) is 18.5 Å². The standard InChI is InChI=1S/C24H27NO8S/c1-24(2,3)23(27)31-16-20-22(30-15-17-10-6-4-7-11-17)19(14-21(26)32-20)25-33-34(28,29)18-12-8-5-9-13-18/h4-13,20,22H,14-16H2,1-3H3/b25-19+/t20-,22-/m1/s1. The third-order valence-corrected chi connectivity index (χ3v) is 5.94. The van der Waals surface area contributed by atoms with Gasteiger partial charge in [0.25, 0.3) is 0 Å². The maximum atomic E-state index is 12.5. The van der Waals surface area contributed by atoms with Crippen molar-refractivity contribution in [2.75, 3.05) is 6.61 Å². The molecule has 9 nitrogen and oxygen atoms in total. The number of carbonyl (C=O) groups excluding carboxylic acids is 2. The minimum absolute atomic E-state index is 0.0171. The number of hydrogen-bond donors (Lipinski definition) is 0. The summed E-state index contributed by atoms with van der Waals surface area (Å²) >= 11 is 0. The molecule has 2 atom stereocenters. The van der Waals surface area contributed by atoms with E-state index in [1.807, 2.05) is 30.3 Å². The molecule has 0 aromatic heterocycles. The Morgan fingerprint density at radius 3 is 2.29 bits per heavy atom. The lowest BCUT2D eigenvalue weighted by molar-refractivity contribution is -0.172. The number of ether oxygens (including phenoxy) is 3. The Morgan fingerprint density at radius 1 is 1.06 bits per heavy atom. The summed E-state index contributed by atoms with van der Waals surface area (Å²) in [5, 5.41) is 3.76. The van der Waals surface area contributed by atoms with Crippen molar-refractivity contribution < 1.29 is 36.5 Å². The zero-order valence-electron chi connectivity index (χ0n) is 19.2. The Balaban J connectivity index is 1.83. The second-order valence-electron chi connectivity index (χ2n) is 8.70. The first-order valence-electron chi connectivity index (χ1n) is 10.6. The first kappa shape index (κ1) is 25.4. The summed E-state index contributed by atoms with van der Waals surface area (Å²) in [6.07, 6.45) is -2.36. The molecular weight excluding hydrogens is 462 g/mol. The zero-order chi connectivity index (χ0) is 24.8. The number of rotatable bonds is 8. The van der Waals surface area contributed by atoms with Gasteiger partial charge in [0.1, 0.15) is 23.3 Å². The maximum absolute atomic E-state index is 12.5. The maximum Gasteiger partial charge on any atom is 0.358 e. The van der Waals surface area contributed by atoms with Gasteiger partial charge in [-0.15, -0.1) is 0 Å². The highest BCUT2D eigenvalue weighted by atomic mass is 32.2. The first-order chi connectivity index (χ1) is 16.1. The topological polar surface area (TPSA) is 118 Å². The van der Waals surface area contributed by atoms with Crippen molar-refractivity contribution in [3.05, 3.63) is 66.2 Å². The van der Waals surface area contributed by atoms with Gasteiger partial charge in [0.05, 0.1) is 18.4 Å². The van der Waals surface area contributed by atoms with E-state index >= 15 is 0 Å². The molecule has 2 aromatic carbocycles. The molecule has 34 heavy (non-hydrogen) atoms. The number of oxime groups is 1. The van der Waals surface area contributed by atoms with E-state index in [0.717, 1.165) is 5.56 Å². The van der Waals surface area contributed by atoms with Gasteiger partial charge >= 0.3 is 22.1 Å². The zero-order valence-corrected chi connectivity index (χ0v) is 20.0. The van der Waals surface area contributed by atoms with Crippen molar-refractivity contribution in [3.63, 3.8) is 0 Å². The van der Waals surface area contributed by atoms with Gasteiger partial charge in [0.2, 0.25) is 0 Å². The van der Waals surface area contributed by atoms with E-state index in [9.17, 15) is 18.0 Å². The molecule has 1 aliphatic rings. The van der Waals surface area contributed by atoms with E-state index in [2.05, 4.69) is 5.16 Å². The molecule has 1 fully saturated rings. The molecule has 182 valence electrons. The van der Waals surface area contributed by atoms with Crippen LogP contribution in [0.5, 0.6) is 0 Å². The van der Waals surface area contributed by atoms with Gasteiger partial charge in [0.15, 0.2) is 6.10 Å². The van der Waals surface area contributed by atoms with Crippen LogP contribution in [-0.4, -0.2) is 44.9 Å². The molecule has 0 unspecified atom stereocenters. The van der Waals surface area contributed by atoms with Gasteiger partial charge in [-0.3, -0.25) is 13.9 Å². The second kappa shape index (κ2) is 10.8. The lowest BCUT2D eigenvalue weighted by Gasteiger charge is -2.32. The fourth-order valence-electron chi connectivity index (χ4n) is 3.01. The van der Waals surface area contributed by atoms with Crippen molar-refractivity contribution >= 4 is 27.8 Å². The Bertz CT molecular complexity index is 1120. The van der Waals surface area contributed by atoms with Gasteiger partial charge in [-0.05, 0) is 38.5 Å². The minimum atomic E-state index is -4.21. The predicted molar refractivity (Wildman–Crippen MR) is 122 cm³/mol. The highest BCUT2D eigenvalue weighted by Crippen LogP contribution is 2.22. The summed E-state index contributed by atoms with van der Waals surface area (Å²) in [7, 11) is -4.21. The van der Waals surface area contributed by atoms with Gasteiger partial charge < -0.3 is 14.2 Å². The molecule has 1 heterocycles. The number of hydrogen-bond acceptors (Lipinski definition) is 9. The van der Waals surface area contributed by atoms with Gasteiger partial charge in [0, 0.05) is 0 Å². The Morgan fingerprint density at radius 2 is 1.68 bits per heavy atom. The van der Waals surface area contributed by atoms with Crippen molar-refractivity contribution in [2.45, 2.75) is 50.9 Å². The third-order valence-electron chi connectivity index (χ3n) is 4.82. The largest absolute Gasteiger partial charge is 0.461 e.